The summed E-state index contributed by atoms with van der Waals surface area (Å²) in [6, 6.07) is 8.59. The Hall–Kier alpha value is 0.360. The first-order valence-electron chi connectivity index (χ1n) is 5.76. The van der Waals surface area contributed by atoms with Gasteiger partial charge >= 0.3 is 0 Å². The molecule has 1 aliphatic heterocycles. The number of rotatable bonds is 3. The van der Waals surface area contributed by atoms with E-state index in [-0.39, 0.29) is 10.9 Å². The van der Waals surface area contributed by atoms with Crippen LogP contribution in [0.2, 0.25) is 0 Å². The van der Waals surface area contributed by atoms with E-state index in [9.17, 15) is 0 Å². The highest BCUT2D eigenvalue weighted by Crippen LogP contribution is 2.59. The number of hydrogen-bond acceptors (Lipinski definition) is 3. The highest BCUT2D eigenvalue weighted by Gasteiger charge is 2.45. The number of hydrogen-bond donors (Lipinski definition) is 0. The molecule has 1 aliphatic rings. The molecule has 0 unspecified atom stereocenters. The largest absolute Gasteiger partial charge is 0.376 e. The van der Waals surface area contributed by atoms with Crippen molar-refractivity contribution in [2.45, 2.75) is 36.9 Å². The normalized spacial score (nSPS) is 27.3. The van der Waals surface area contributed by atoms with Crippen LogP contribution in [0.1, 0.15) is 31.6 Å². The van der Waals surface area contributed by atoms with Crippen molar-refractivity contribution in [3.05, 3.63) is 34.3 Å². The molecule has 0 aromatic heterocycles. The second-order valence-electron chi connectivity index (χ2n) is 4.63. The molecule has 0 bridgehead atoms. The van der Waals surface area contributed by atoms with Crippen molar-refractivity contribution in [1.82, 2.24) is 0 Å². The maximum atomic E-state index is 5.96. The van der Waals surface area contributed by atoms with E-state index >= 15 is 0 Å². The minimum absolute atomic E-state index is 0.179. The summed E-state index contributed by atoms with van der Waals surface area (Å²) in [5.74, 6) is 0. The lowest BCUT2D eigenvalue weighted by Gasteiger charge is -2.28. The van der Waals surface area contributed by atoms with E-state index in [1.807, 2.05) is 21.6 Å². The van der Waals surface area contributed by atoms with E-state index in [1.54, 1.807) is 0 Å². The van der Waals surface area contributed by atoms with Crippen molar-refractivity contribution in [2.24, 2.45) is 0 Å². The zero-order valence-electron chi connectivity index (χ0n) is 10.3. The van der Waals surface area contributed by atoms with E-state index in [1.165, 1.54) is 5.56 Å². The smallest absolute Gasteiger partial charge is 0.0892 e. The van der Waals surface area contributed by atoms with Crippen molar-refractivity contribution in [1.29, 1.82) is 0 Å². The average molecular weight is 333 g/mol. The molecule has 0 saturated carbocycles. The van der Waals surface area contributed by atoms with Crippen LogP contribution in [0.4, 0.5) is 0 Å². The second-order valence-corrected chi connectivity index (χ2v) is 8.54. The summed E-state index contributed by atoms with van der Waals surface area (Å²) in [5, 5.41) is 0.433. The van der Waals surface area contributed by atoms with Gasteiger partial charge in [-0.1, -0.05) is 49.7 Å². The molecule has 2 atom stereocenters. The molecule has 1 heterocycles. The molecule has 1 nitrogen and oxygen atoms in total. The topological polar surface area (TPSA) is 9.23 Å². The van der Waals surface area contributed by atoms with Crippen LogP contribution in [0.25, 0.3) is 0 Å². The second kappa shape index (κ2) is 5.55. The van der Waals surface area contributed by atoms with Gasteiger partial charge in [-0.15, -0.1) is 0 Å². The van der Waals surface area contributed by atoms with Gasteiger partial charge in [0.2, 0.25) is 0 Å². The summed E-state index contributed by atoms with van der Waals surface area (Å²) in [6.07, 6.45) is 0.281. The van der Waals surface area contributed by atoms with E-state index in [2.05, 4.69) is 61.0 Å². The maximum absolute atomic E-state index is 5.96. The predicted molar refractivity (Wildman–Crippen MR) is 81.6 cm³/mol. The third-order valence-corrected chi connectivity index (χ3v) is 7.08. The van der Waals surface area contributed by atoms with Crippen LogP contribution in [0, 0.1) is 0 Å². The third kappa shape index (κ3) is 3.03. The Morgan fingerprint density at radius 3 is 2.53 bits per heavy atom. The molecule has 1 fully saturated rings. The van der Waals surface area contributed by atoms with Gasteiger partial charge in [0.05, 0.1) is 11.4 Å². The van der Waals surface area contributed by atoms with Gasteiger partial charge in [-0.25, -0.2) is 0 Å². The van der Waals surface area contributed by atoms with Crippen molar-refractivity contribution in [2.75, 3.05) is 6.61 Å². The van der Waals surface area contributed by atoms with Gasteiger partial charge in [0.25, 0.3) is 0 Å². The van der Waals surface area contributed by atoms with Crippen LogP contribution in [0.15, 0.2) is 28.7 Å². The van der Waals surface area contributed by atoms with Crippen LogP contribution in [-0.4, -0.2) is 17.5 Å². The number of ether oxygens (including phenoxy) is 1. The van der Waals surface area contributed by atoms with Crippen LogP contribution in [0.5, 0.6) is 0 Å². The molecule has 94 valence electrons. The highest BCUT2D eigenvalue weighted by atomic mass is 79.9. The molecular weight excluding hydrogens is 316 g/mol. The van der Waals surface area contributed by atoms with Gasteiger partial charge in [0.15, 0.2) is 0 Å². The zero-order valence-corrected chi connectivity index (χ0v) is 13.5. The number of halogens is 1. The Kier molecular flexibility index (Phi) is 4.50. The van der Waals surface area contributed by atoms with E-state index < -0.39 is 0 Å². The molecule has 0 radical (unpaired) electrons. The summed E-state index contributed by atoms with van der Waals surface area (Å²) in [5.41, 5.74) is 1.36. The summed E-state index contributed by atoms with van der Waals surface area (Å²) < 4.78 is 7.27. The predicted octanol–water partition coefficient (Wildman–Crippen LogP) is 5.07. The van der Waals surface area contributed by atoms with Crippen molar-refractivity contribution in [3.63, 3.8) is 0 Å². The monoisotopic (exact) mass is 332 g/mol. The average Bonchev–Trinajstić information content (AvgIpc) is 2.57. The minimum Gasteiger partial charge on any atom is -0.376 e. The maximum Gasteiger partial charge on any atom is 0.0892 e. The number of benzene rings is 1. The molecular formula is C13H17BrOS2. The molecule has 0 aliphatic carbocycles. The molecule has 1 saturated heterocycles. The zero-order chi connectivity index (χ0) is 12.5. The fraction of sp³-hybridized carbons (Fsp3) is 0.538. The fourth-order valence-electron chi connectivity index (χ4n) is 1.99. The molecule has 17 heavy (non-hydrogen) atoms. The molecule has 1 aromatic carbocycles. The van der Waals surface area contributed by atoms with Gasteiger partial charge in [-0.05, 0) is 38.5 Å². The molecule has 0 N–H and O–H groups in total. The van der Waals surface area contributed by atoms with Crippen LogP contribution < -0.4 is 0 Å². The first kappa shape index (κ1) is 13.8. The lowest BCUT2D eigenvalue weighted by molar-refractivity contribution is 0.0431. The molecule has 4 heteroatoms. The molecule has 0 amide bonds. The molecule has 2 rings (SSSR count). The summed E-state index contributed by atoms with van der Waals surface area (Å²) in [7, 11) is 3.87. The molecule has 1 aromatic rings. The Labute approximate surface area is 120 Å². The Balaban J connectivity index is 2.23. The lowest BCUT2D eigenvalue weighted by atomic mass is 9.97. The Morgan fingerprint density at radius 1 is 1.29 bits per heavy atom. The van der Waals surface area contributed by atoms with Crippen LogP contribution in [-0.2, 0) is 4.74 Å². The van der Waals surface area contributed by atoms with Crippen LogP contribution in [0.3, 0.4) is 0 Å². The SMILES string of the molecule is CCO[C@H]1[C@H](c2ccc(Br)cc2)SSC1(C)C. The van der Waals surface area contributed by atoms with Gasteiger partial charge in [0, 0.05) is 15.8 Å². The van der Waals surface area contributed by atoms with Gasteiger partial charge in [-0.2, -0.15) is 0 Å². The Bertz CT molecular complexity index is 378. The van der Waals surface area contributed by atoms with E-state index in [0.29, 0.717) is 5.25 Å². The molecule has 0 spiro atoms. The summed E-state index contributed by atoms with van der Waals surface area (Å²) in [6.45, 7) is 7.39. The minimum atomic E-state index is 0.179. The fourth-order valence-corrected chi connectivity index (χ4v) is 5.75. The van der Waals surface area contributed by atoms with Gasteiger partial charge in [0.1, 0.15) is 0 Å². The van der Waals surface area contributed by atoms with E-state index in [0.717, 1.165) is 11.1 Å². The van der Waals surface area contributed by atoms with Crippen molar-refractivity contribution < 1.29 is 4.74 Å². The first-order chi connectivity index (χ1) is 8.04. The highest BCUT2D eigenvalue weighted by molar-refractivity contribution is 9.10. The van der Waals surface area contributed by atoms with Crippen molar-refractivity contribution in [3.8, 4) is 0 Å². The quantitative estimate of drug-likeness (QED) is 0.715. The third-order valence-electron chi connectivity index (χ3n) is 2.87. The Morgan fingerprint density at radius 2 is 1.94 bits per heavy atom. The lowest BCUT2D eigenvalue weighted by Crippen LogP contribution is -2.34. The van der Waals surface area contributed by atoms with Gasteiger partial charge in [-0.3, -0.25) is 0 Å². The van der Waals surface area contributed by atoms with Crippen molar-refractivity contribution >= 4 is 37.5 Å². The van der Waals surface area contributed by atoms with Crippen LogP contribution >= 0.6 is 37.5 Å². The summed E-state index contributed by atoms with van der Waals surface area (Å²) >= 11 is 3.48. The van der Waals surface area contributed by atoms with E-state index in [4.69, 9.17) is 4.74 Å². The summed E-state index contributed by atoms with van der Waals surface area (Å²) in [4.78, 5) is 0. The first-order valence-corrected chi connectivity index (χ1v) is 8.76. The standard InChI is InChI=1S/C13H17BrOS2/c1-4-15-12-11(16-17-13(12,2)3)9-5-7-10(14)8-6-9/h5-8,11-12H,4H2,1-3H3/t11-,12-/m0/s1. The van der Waals surface area contributed by atoms with Gasteiger partial charge < -0.3 is 4.74 Å².